The minimum absolute atomic E-state index is 0. The molecule has 1 atom stereocenters. The van der Waals surface area contributed by atoms with E-state index < -0.39 is 14.7 Å². The molecule has 0 saturated carbocycles. The summed E-state index contributed by atoms with van der Waals surface area (Å²) in [6, 6.07) is 0. The van der Waals surface area contributed by atoms with Crippen molar-refractivity contribution in [3.8, 4) is 0 Å². The summed E-state index contributed by atoms with van der Waals surface area (Å²) in [5.74, 6) is -0.833. The van der Waals surface area contributed by atoms with E-state index in [1.807, 2.05) is 0 Å². The van der Waals surface area contributed by atoms with Crippen LogP contribution < -0.4 is 0 Å². The number of carboxylic acids is 1. The second-order valence-corrected chi connectivity index (χ2v) is 0.835. The lowest BCUT2D eigenvalue weighted by atomic mass is 10.9. The van der Waals surface area contributed by atoms with Gasteiger partial charge in [0.15, 0.2) is 8.69 Å². The highest BCUT2D eigenvalue weighted by molar-refractivity contribution is 7.16. The Morgan fingerprint density at radius 1 is 1.62 bits per heavy atom. The van der Waals surface area contributed by atoms with Gasteiger partial charge in [-0.15, -0.1) is 12.4 Å². The van der Waals surface area contributed by atoms with Crippen molar-refractivity contribution >= 4 is 27.1 Å². The van der Waals surface area contributed by atoms with Gasteiger partial charge in [-0.3, -0.25) is 9.36 Å². The molecule has 0 aromatic carbocycles. The lowest BCUT2D eigenvalue weighted by molar-refractivity contribution is -0.134. The largest absolute Gasteiger partial charge is 0.481 e. The van der Waals surface area contributed by atoms with Gasteiger partial charge in [0.25, 0.3) is 5.97 Å². The van der Waals surface area contributed by atoms with E-state index in [0.29, 0.717) is 0 Å². The number of rotatable bonds is 0. The lowest BCUT2D eigenvalue weighted by Gasteiger charge is -1.59. The smallest absolute Gasteiger partial charge is 0.300 e. The summed E-state index contributed by atoms with van der Waals surface area (Å²) >= 11 is 0. The standard InChI is InChI=1S/C2H4O2.ClH.H3O2P/c1-2(3)4;;1-3-2/h1H3,(H,3,4);1H;3H2,(H,1,2). The first-order valence-corrected chi connectivity index (χ1v) is 2.41. The van der Waals surface area contributed by atoms with Gasteiger partial charge in [-0.1, -0.05) is 0 Å². The molecule has 52 valence electrons. The zero-order chi connectivity index (χ0) is 6.28. The van der Waals surface area contributed by atoms with Crippen molar-refractivity contribution in [2.24, 2.45) is 0 Å². The second kappa shape index (κ2) is 15.8. The molecule has 0 fully saturated rings. The average Bonchev–Trinajstić information content (AvgIpc) is 1.33. The summed E-state index contributed by atoms with van der Waals surface area (Å²) in [5, 5.41) is 7.42. The molecule has 0 aliphatic heterocycles. The fourth-order valence-electron chi connectivity index (χ4n) is 0. The molecule has 0 radical (unpaired) electrons. The van der Waals surface area contributed by atoms with E-state index in [0.717, 1.165) is 6.92 Å². The van der Waals surface area contributed by atoms with E-state index in [1.165, 1.54) is 0 Å². The molecule has 0 heterocycles. The van der Waals surface area contributed by atoms with Crippen molar-refractivity contribution in [3.63, 3.8) is 0 Å². The number of carboxylic acid groups (broad SMARTS) is 1. The number of hydrogen-bond acceptors (Lipinski definition) is 2. The van der Waals surface area contributed by atoms with Crippen molar-refractivity contribution in [2.45, 2.75) is 6.92 Å². The van der Waals surface area contributed by atoms with Gasteiger partial charge in [0.05, 0.1) is 0 Å². The molecule has 0 aliphatic rings. The normalized spacial score (nSPS) is 6.75. The van der Waals surface area contributed by atoms with Gasteiger partial charge < -0.3 is 10.00 Å². The molecule has 0 aromatic rings. The zero-order valence-electron chi connectivity index (χ0n) is 4.20. The Hall–Kier alpha value is -0.0500. The average molecular weight is 163 g/mol. The molecule has 1 unspecified atom stereocenters. The Kier molecular flexibility index (Phi) is 30.9. The van der Waals surface area contributed by atoms with E-state index in [9.17, 15) is 0 Å². The van der Waals surface area contributed by atoms with Crippen LogP contribution in [0.3, 0.4) is 0 Å². The predicted molar refractivity (Wildman–Crippen MR) is 33.2 cm³/mol. The van der Waals surface area contributed by atoms with Crippen molar-refractivity contribution in [1.29, 1.82) is 0 Å². The van der Waals surface area contributed by atoms with E-state index >= 15 is 0 Å². The fraction of sp³-hybridized carbons (Fsp3) is 0.500. The van der Waals surface area contributed by atoms with Gasteiger partial charge in [-0.2, -0.15) is 0 Å². The Bertz CT molecular complexity index is 61.1. The molecular weight excluding hydrogens is 154 g/mol. The first-order valence-electron chi connectivity index (χ1n) is 1.42. The second-order valence-electron chi connectivity index (χ2n) is 0.624. The topological polar surface area (TPSA) is 74.6 Å². The van der Waals surface area contributed by atoms with Crippen LogP contribution in [0.25, 0.3) is 0 Å². The van der Waals surface area contributed by atoms with Crippen LogP contribution in [0.5, 0.6) is 0 Å². The van der Waals surface area contributed by atoms with Gasteiger partial charge in [0, 0.05) is 6.92 Å². The summed E-state index contributed by atoms with van der Waals surface area (Å²) < 4.78 is 8.57. The molecule has 4 nitrogen and oxygen atoms in total. The lowest BCUT2D eigenvalue weighted by Crippen LogP contribution is -1.78. The molecule has 0 spiro atoms. The molecule has 6 heteroatoms. The number of aliphatic carboxylic acids is 1. The van der Waals surface area contributed by atoms with Crippen LogP contribution >= 0.6 is 21.1 Å². The number of carbonyl (C=O) groups is 1. The number of halogens is 1. The predicted octanol–water partition coefficient (Wildman–Crippen LogP) is 0.163. The molecular formula is C2H8ClO4P. The highest BCUT2D eigenvalue weighted by atomic mass is 35.5. The van der Waals surface area contributed by atoms with Crippen molar-refractivity contribution in [2.75, 3.05) is 0 Å². The molecule has 0 saturated heterocycles. The van der Waals surface area contributed by atoms with Crippen LogP contribution in [0.4, 0.5) is 0 Å². The van der Waals surface area contributed by atoms with Gasteiger partial charge in [-0.25, -0.2) is 0 Å². The molecule has 0 aromatic heterocycles. The summed E-state index contributed by atoms with van der Waals surface area (Å²) in [6.07, 6.45) is 0. The Morgan fingerprint density at radius 2 is 1.62 bits per heavy atom. The zero-order valence-corrected chi connectivity index (χ0v) is 6.17. The third kappa shape index (κ3) is 58300. The minimum Gasteiger partial charge on any atom is -0.481 e. The third-order valence-electron chi connectivity index (χ3n) is 0. The molecule has 0 rings (SSSR count). The quantitative estimate of drug-likeness (QED) is 0.498. The maximum Gasteiger partial charge on any atom is 0.300 e. The van der Waals surface area contributed by atoms with E-state index in [-0.39, 0.29) is 12.4 Å². The molecule has 0 amide bonds. The molecule has 0 bridgehead atoms. The molecule has 0 aliphatic carbocycles. The maximum absolute atomic E-state index is 9.00. The van der Waals surface area contributed by atoms with Crippen LogP contribution in [0.2, 0.25) is 0 Å². The van der Waals surface area contributed by atoms with Gasteiger partial charge in [-0.05, 0) is 0 Å². The molecule has 2 N–H and O–H groups in total. The molecule has 8 heavy (non-hydrogen) atoms. The van der Waals surface area contributed by atoms with Gasteiger partial charge >= 0.3 is 0 Å². The summed E-state index contributed by atoms with van der Waals surface area (Å²) in [5.41, 5.74) is 0. The van der Waals surface area contributed by atoms with Crippen LogP contribution in [0.1, 0.15) is 6.92 Å². The van der Waals surface area contributed by atoms with E-state index in [1.54, 1.807) is 0 Å². The monoisotopic (exact) mass is 162 g/mol. The highest BCUT2D eigenvalue weighted by Gasteiger charge is 1.65. The Morgan fingerprint density at radius 3 is 1.62 bits per heavy atom. The van der Waals surface area contributed by atoms with Crippen LogP contribution in [0, 0.1) is 0 Å². The fourth-order valence-corrected chi connectivity index (χ4v) is 0. The maximum atomic E-state index is 9.00. The van der Waals surface area contributed by atoms with Crippen LogP contribution in [0.15, 0.2) is 0 Å². The SMILES string of the molecule is CC(=O)O.Cl.O=[PH2]O. The highest BCUT2D eigenvalue weighted by Crippen LogP contribution is 1.66. The summed E-state index contributed by atoms with van der Waals surface area (Å²) in [7, 11) is -1.50. The summed E-state index contributed by atoms with van der Waals surface area (Å²) in [6.45, 7) is 1.08. The van der Waals surface area contributed by atoms with Crippen molar-refractivity contribution in [1.82, 2.24) is 0 Å². The minimum atomic E-state index is -1.50. The Balaban J connectivity index is -0.0000000575. The number of hydrogen-bond donors (Lipinski definition) is 2. The van der Waals surface area contributed by atoms with E-state index in [4.69, 9.17) is 19.4 Å². The summed E-state index contributed by atoms with van der Waals surface area (Å²) in [4.78, 5) is 16.1. The van der Waals surface area contributed by atoms with E-state index in [2.05, 4.69) is 0 Å². The van der Waals surface area contributed by atoms with Crippen molar-refractivity contribution < 1.29 is 19.4 Å². The van der Waals surface area contributed by atoms with Crippen molar-refractivity contribution in [3.05, 3.63) is 0 Å². The first kappa shape index (κ1) is 15.7. The van der Waals surface area contributed by atoms with Crippen LogP contribution in [-0.4, -0.2) is 16.0 Å². The third-order valence-corrected chi connectivity index (χ3v) is 0. The van der Waals surface area contributed by atoms with Crippen LogP contribution in [-0.2, 0) is 9.36 Å². The van der Waals surface area contributed by atoms with Gasteiger partial charge in [0.2, 0.25) is 0 Å². The van der Waals surface area contributed by atoms with Gasteiger partial charge in [0.1, 0.15) is 0 Å². The first-order chi connectivity index (χ1) is 3.15. The Labute approximate surface area is 54.2 Å².